The lowest BCUT2D eigenvalue weighted by Crippen LogP contribution is -2.35. The lowest BCUT2D eigenvalue weighted by Gasteiger charge is -2.11. The van der Waals surface area contributed by atoms with Gasteiger partial charge in [0.05, 0.1) is 0 Å². The summed E-state index contributed by atoms with van der Waals surface area (Å²) in [7, 11) is 1.85. The molecule has 0 aliphatic heterocycles. The minimum atomic E-state index is -0.360. The fraction of sp³-hybridized carbons (Fsp3) is 0.273. The molecule has 1 amide bonds. The molecule has 154 valence electrons. The molecule has 0 saturated heterocycles. The van der Waals surface area contributed by atoms with Crippen LogP contribution in [-0.4, -0.2) is 36.8 Å². The van der Waals surface area contributed by atoms with Crippen molar-refractivity contribution in [3.8, 4) is 0 Å². The molecule has 0 spiro atoms. The summed E-state index contributed by atoms with van der Waals surface area (Å²) in [6.45, 7) is 2.66. The van der Waals surface area contributed by atoms with Crippen LogP contribution in [0.15, 0.2) is 53.8 Å². The zero-order valence-corrected chi connectivity index (χ0v) is 17.1. The summed E-state index contributed by atoms with van der Waals surface area (Å²) >= 11 is 0. The Kier molecular flexibility index (Phi) is 5.47. The average Bonchev–Trinajstić information content (AvgIpc) is 3.34. The van der Waals surface area contributed by atoms with E-state index in [9.17, 15) is 9.59 Å². The SMILES string of the molecule is Cc1ccn(CCc2c[nH]c3ccccc23)c(=O)c1C(=O)NCCc1nncn1C. The van der Waals surface area contributed by atoms with E-state index in [-0.39, 0.29) is 17.0 Å². The summed E-state index contributed by atoms with van der Waals surface area (Å²) in [6.07, 6.45) is 6.58. The molecule has 0 aliphatic rings. The molecule has 8 nitrogen and oxygen atoms in total. The molecular weight excluding hydrogens is 380 g/mol. The number of H-pyrrole nitrogens is 1. The van der Waals surface area contributed by atoms with Crippen molar-refractivity contribution < 1.29 is 4.79 Å². The number of nitrogens with zero attached hydrogens (tertiary/aromatic N) is 4. The second-order valence-corrected chi connectivity index (χ2v) is 7.35. The van der Waals surface area contributed by atoms with Crippen molar-refractivity contribution in [3.63, 3.8) is 0 Å². The number of carbonyl (C=O) groups is 1. The van der Waals surface area contributed by atoms with Crippen LogP contribution < -0.4 is 10.9 Å². The monoisotopic (exact) mass is 404 g/mol. The molecule has 4 aromatic rings. The number of pyridine rings is 1. The lowest BCUT2D eigenvalue weighted by molar-refractivity contribution is 0.0951. The first-order valence-corrected chi connectivity index (χ1v) is 9.90. The second kappa shape index (κ2) is 8.36. The predicted molar refractivity (Wildman–Crippen MR) is 114 cm³/mol. The molecule has 0 atom stereocenters. The van der Waals surface area contributed by atoms with Crippen molar-refractivity contribution in [2.45, 2.75) is 26.3 Å². The van der Waals surface area contributed by atoms with Gasteiger partial charge in [-0.2, -0.15) is 0 Å². The third-order valence-electron chi connectivity index (χ3n) is 5.34. The first kappa shape index (κ1) is 19.6. The zero-order chi connectivity index (χ0) is 21.1. The van der Waals surface area contributed by atoms with E-state index in [4.69, 9.17) is 0 Å². The van der Waals surface area contributed by atoms with E-state index >= 15 is 0 Å². The molecule has 0 unspecified atom stereocenters. The number of aromatic nitrogens is 5. The lowest BCUT2D eigenvalue weighted by atomic mass is 10.1. The Morgan fingerprint density at radius 2 is 2.03 bits per heavy atom. The molecule has 4 rings (SSSR count). The van der Waals surface area contributed by atoms with Crippen LogP contribution in [0.2, 0.25) is 0 Å². The Hall–Kier alpha value is -3.68. The van der Waals surface area contributed by atoms with E-state index in [1.54, 1.807) is 28.6 Å². The Balaban J connectivity index is 1.46. The van der Waals surface area contributed by atoms with Gasteiger partial charge >= 0.3 is 0 Å². The van der Waals surface area contributed by atoms with Gasteiger partial charge in [0, 0.05) is 49.9 Å². The maximum absolute atomic E-state index is 13.0. The van der Waals surface area contributed by atoms with Gasteiger partial charge in [-0.15, -0.1) is 10.2 Å². The Morgan fingerprint density at radius 3 is 2.83 bits per heavy atom. The predicted octanol–water partition coefficient (Wildman–Crippen LogP) is 1.98. The summed E-state index contributed by atoms with van der Waals surface area (Å²) in [5.41, 5.74) is 2.80. The van der Waals surface area contributed by atoms with Crippen molar-refractivity contribution >= 4 is 16.8 Å². The van der Waals surface area contributed by atoms with Crippen molar-refractivity contribution in [2.75, 3.05) is 6.54 Å². The highest BCUT2D eigenvalue weighted by atomic mass is 16.2. The van der Waals surface area contributed by atoms with Gasteiger partial charge < -0.3 is 19.4 Å². The van der Waals surface area contributed by atoms with E-state index in [2.05, 4.69) is 26.6 Å². The van der Waals surface area contributed by atoms with E-state index in [0.717, 1.165) is 22.3 Å². The quantitative estimate of drug-likeness (QED) is 0.492. The molecular formula is C22H24N6O2. The molecule has 3 aromatic heterocycles. The number of amides is 1. The molecule has 0 aliphatic carbocycles. The smallest absolute Gasteiger partial charge is 0.263 e. The molecule has 0 fully saturated rings. The highest BCUT2D eigenvalue weighted by Gasteiger charge is 2.16. The maximum Gasteiger partial charge on any atom is 0.263 e. The Bertz CT molecular complexity index is 1250. The van der Waals surface area contributed by atoms with Gasteiger partial charge in [-0.25, -0.2) is 0 Å². The minimum absolute atomic E-state index is 0.189. The van der Waals surface area contributed by atoms with Crippen molar-refractivity contribution in [1.29, 1.82) is 0 Å². The Labute approximate surface area is 173 Å². The average molecular weight is 404 g/mol. The normalized spacial score (nSPS) is 11.1. The number of hydrogen-bond acceptors (Lipinski definition) is 4. The van der Waals surface area contributed by atoms with Crippen LogP contribution in [0.4, 0.5) is 0 Å². The highest BCUT2D eigenvalue weighted by Crippen LogP contribution is 2.18. The summed E-state index contributed by atoms with van der Waals surface area (Å²) < 4.78 is 3.41. The van der Waals surface area contributed by atoms with Gasteiger partial charge in [-0.05, 0) is 36.6 Å². The standard InChI is InChI=1S/C22H24N6O2/c1-15-8-11-28(12-9-16-13-24-18-6-4-3-5-17(16)18)22(30)20(15)21(29)23-10-7-19-26-25-14-27(19)2/h3-6,8,11,13-14,24H,7,9-10,12H2,1-2H3,(H,23,29). The largest absolute Gasteiger partial charge is 0.361 e. The molecule has 8 heteroatoms. The highest BCUT2D eigenvalue weighted by molar-refractivity contribution is 5.95. The minimum Gasteiger partial charge on any atom is -0.361 e. The van der Waals surface area contributed by atoms with E-state index in [1.807, 2.05) is 37.5 Å². The molecule has 0 saturated carbocycles. The zero-order valence-electron chi connectivity index (χ0n) is 17.1. The fourth-order valence-corrected chi connectivity index (χ4v) is 3.61. The second-order valence-electron chi connectivity index (χ2n) is 7.35. The van der Waals surface area contributed by atoms with Crippen molar-refractivity contribution in [2.24, 2.45) is 7.05 Å². The van der Waals surface area contributed by atoms with Crippen molar-refractivity contribution in [1.82, 2.24) is 29.6 Å². The first-order valence-electron chi connectivity index (χ1n) is 9.90. The van der Waals surface area contributed by atoms with Crippen LogP contribution in [0, 0.1) is 6.92 Å². The van der Waals surface area contributed by atoms with E-state index in [0.29, 0.717) is 31.5 Å². The topological polar surface area (TPSA) is 97.6 Å². The number of benzene rings is 1. The molecule has 30 heavy (non-hydrogen) atoms. The van der Waals surface area contributed by atoms with Gasteiger partial charge in [0.15, 0.2) is 0 Å². The number of para-hydroxylation sites is 1. The van der Waals surface area contributed by atoms with Gasteiger partial charge in [-0.3, -0.25) is 9.59 Å². The van der Waals surface area contributed by atoms with Gasteiger partial charge in [-0.1, -0.05) is 18.2 Å². The third kappa shape index (κ3) is 3.89. The van der Waals surface area contributed by atoms with E-state index in [1.165, 1.54) is 0 Å². The number of fused-ring (bicyclic) bond motifs is 1. The van der Waals surface area contributed by atoms with Gasteiger partial charge in [0.1, 0.15) is 17.7 Å². The fourth-order valence-electron chi connectivity index (χ4n) is 3.61. The number of carbonyl (C=O) groups excluding carboxylic acids is 1. The van der Waals surface area contributed by atoms with Gasteiger partial charge in [0.2, 0.25) is 0 Å². The van der Waals surface area contributed by atoms with Crippen LogP contribution in [-0.2, 0) is 26.4 Å². The maximum atomic E-state index is 13.0. The van der Waals surface area contributed by atoms with Crippen LogP contribution in [0.25, 0.3) is 10.9 Å². The number of aromatic amines is 1. The Morgan fingerprint density at radius 1 is 1.20 bits per heavy atom. The van der Waals surface area contributed by atoms with Crippen LogP contribution in [0.5, 0.6) is 0 Å². The van der Waals surface area contributed by atoms with Crippen LogP contribution in [0.3, 0.4) is 0 Å². The number of hydrogen-bond donors (Lipinski definition) is 2. The molecule has 1 aromatic carbocycles. The van der Waals surface area contributed by atoms with Crippen molar-refractivity contribution in [3.05, 3.63) is 81.9 Å². The van der Waals surface area contributed by atoms with Crippen LogP contribution in [0.1, 0.15) is 27.3 Å². The summed E-state index contributed by atoms with van der Waals surface area (Å²) in [5.74, 6) is 0.414. The van der Waals surface area contributed by atoms with E-state index < -0.39 is 0 Å². The molecule has 3 heterocycles. The van der Waals surface area contributed by atoms with Crippen LogP contribution >= 0.6 is 0 Å². The van der Waals surface area contributed by atoms with Gasteiger partial charge in [0.25, 0.3) is 11.5 Å². The summed E-state index contributed by atoms with van der Waals surface area (Å²) in [5, 5.41) is 11.8. The number of rotatable bonds is 7. The number of nitrogens with one attached hydrogen (secondary N) is 2. The summed E-state index contributed by atoms with van der Waals surface area (Å²) in [6, 6.07) is 9.90. The molecule has 0 bridgehead atoms. The number of aryl methyl sites for hydroxylation is 4. The molecule has 2 N–H and O–H groups in total. The summed E-state index contributed by atoms with van der Waals surface area (Å²) in [4.78, 5) is 28.9. The molecule has 0 radical (unpaired) electrons. The third-order valence-corrected chi connectivity index (χ3v) is 5.34. The first-order chi connectivity index (χ1) is 14.5.